The molecule has 0 radical (unpaired) electrons. The summed E-state index contributed by atoms with van der Waals surface area (Å²) in [6.07, 6.45) is 2.34. The van der Waals surface area contributed by atoms with Crippen LogP contribution < -0.4 is 4.74 Å². The minimum absolute atomic E-state index is 0.246. The second kappa shape index (κ2) is 8.47. The lowest BCUT2D eigenvalue weighted by Crippen LogP contribution is -2.46. The number of likely N-dealkylation sites (tertiary alicyclic amines) is 1. The lowest BCUT2D eigenvalue weighted by Gasteiger charge is -2.30. The number of carboxylic acid groups (broad SMARTS) is 1. The van der Waals surface area contributed by atoms with E-state index in [1.807, 2.05) is 0 Å². The second-order valence-electron chi connectivity index (χ2n) is 6.54. The number of rotatable bonds is 5. The van der Waals surface area contributed by atoms with E-state index in [0.717, 1.165) is 16.7 Å². The van der Waals surface area contributed by atoms with E-state index in [1.54, 1.807) is 30.3 Å². The van der Waals surface area contributed by atoms with Gasteiger partial charge in [-0.3, -0.25) is 24.1 Å². The van der Waals surface area contributed by atoms with E-state index in [0.29, 0.717) is 37.2 Å². The molecular formula is C19H20N2O6S. The number of ether oxygens (including phenoxy) is 1. The van der Waals surface area contributed by atoms with Gasteiger partial charge in [0.2, 0.25) is 5.91 Å². The highest BCUT2D eigenvalue weighted by Gasteiger charge is 2.37. The van der Waals surface area contributed by atoms with Crippen molar-refractivity contribution in [3.8, 4) is 5.75 Å². The fourth-order valence-corrected chi connectivity index (χ4v) is 3.97. The number of piperidine rings is 1. The Kier molecular flexibility index (Phi) is 6.03. The summed E-state index contributed by atoms with van der Waals surface area (Å²) in [6, 6.07) is 7.08. The van der Waals surface area contributed by atoms with Crippen molar-refractivity contribution in [1.82, 2.24) is 9.80 Å². The Labute approximate surface area is 166 Å². The highest BCUT2D eigenvalue weighted by molar-refractivity contribution is 8.18. The molecule has 0 saturated carbocycles. The number of imide groups is 1. The van der Waals surface area contributed by atoms with Crippen LogP contribution >= 0.6 is 11.8 Å². The van der Waals surface area contributed by atoms with Crippen LogP contribution in [0.4, 0.5) is 4.79 Å². The summed E-state index contributed by atoms with van der Waals surface area (Å²) in [5, 5.41) is 8.54. The van der Waals surface area contributed by atoms with Crippen molar-refractivity contribution < 1.29 is 29.0 Å². The van der Waals surface area contributed by atoms with Crippen LogP contribution in [0.3, 0.4) is 0 Å². The second-order valence-corrected chi connectivity index (χ2v) is 7.53. The van der Waals surface area contributed by atoms with Crippen molar-refractivity contribution in [2.45, 2.75) is 12.8 Å². The van der Waals surface area contributed by atoms with Crippen LogP contribution in [0.5, 0.6) is 5.75 Å². The van der Waals surface area contributed by atoms with Crippen molar-refractivity contribution in [3.05, 3.63) is 34.7 Å². The third kappa shape index (κ3) is 4.36. The van der Waals surface area contributed by atoms with Crippen molar-refractivity contribution in [2.24, 2.45) is 5.92 Å². The zero-order valence-electron chi connectivity index (χ0n) is 15.3. The Morgan fingerprint density at radius 2 is 2.00 bits per heavy atom. The minimum atomic E-state index is -0.860. The molecule has 2 heterocycles. The van der Waals surface area contributed by atoms with Crippen molar-refractivity contribution >= 4 is 40.9 Å². The monoisotopic (exact) mass is 404 g/mol. The Balaban J connectivity index is 1.64. The van der Waals surface area contributed by atoms with Crippen LogP contribution in [0.2, 0.25) is 0 Å². The smallest absolute Gasteiger partial charge is 0.306 e. The highest BCUT2D eigenvalue weighted by Crippen LogP contribution is 2.32. The van der Waals surface area contributed by atoms with Crippen LogP contribution in [0, 0.1) is 5.92 Å². The van der Waals surface area contributed by atoms with E-state index in [1.165, 1.54) is 12.0 Å². The number of carbonyl (C=O) groups excluding carboxylic acids is 3. The first-order valence-electron chi connectivity index (χ1n) is 8.79. The van der Waals surface area contributed by atoms with E-state index >= 15 is 0 Å². The summed E-state index contributed by atoms with van der Waals surface area (Å²) in [4.78, 5) is 50.9. The van der Waals surface area contributed by atoms with Gasteiger partial charge in [-0.15, -0.1) is 0 Å². The van der Waals surface area contributed by atoms with Gasteiger partial charge < -0.3 is 14.7 Å². The molecule has 3 amide bonds. The van der Waals surface area contributed by atoms with Gasteiger partial charge in [0.25, 0.3) is 11.1 Å². The van der Waals surface area contributed by atoms with Crippen LogP contribution in [0.15, 0.2) is 29.2 Å². The third-order valence-corrected chi connectivity index (χ3v) is 5.66. The zero-order valence-corrected chi connectivity index (χ0v) is 16.1. The molecular weight excluding hydrogens is 384 g/mol. The van der Waals surface area contributed by atoms with E-state index in [2.05, 4.69) is 0 Å². The van der Waals surface area contributed by atoms with Gasteiger partial charge in [0.15, 0.2) is 0 Å². The molecule has 2 aliphatic rings. The third-order valence-electron chi connectivity index (χ3n) is 4.76. The number of amides is 3. The predicted molar refractivity (Wildman–Crippen MR) is 103 cm³/mol. The zero-order chi connectivity index (χ0) is 20.3. The molecule has 0 bridgehead atoms. The van der Waals surface area contributed by atoms with Crippen molar-refractivity contribution in [2.75, 3.05) is 26.7 Å². The Morgan fingerprint density at radius 1 is 1.29 bits per heavy atom. The first-order valence-corrected chi connectivity index (χ1v) is 9.60. The number of carbonyl (C=O) groups is 4. The SMILES string of the molecule is COc1cccc(C=C2SC(=O)N(CC(=O)N3CCC(C(=O)O)CC3)C2=O)c1. The quantitative estimate of drug-likeness (QED) is 0.749. The number of thioether (sulfide) groups is 1. The summed E-state index contributed by atoms with van der Waals surface area (Å²) in [6.45, 7) is 0.287. The summed E-state index contributed by atoms with van der Waals surface area (Å²) in [5.74, 6) is -1.54. The molecule has 1 aromatic carbocycles. The molecule has 9 heteroatoms. The first kappa shape index (κ1) is 19.9. The predicted octanol–water partition coefficient (Wildman–Crippen LogP) is 2.05. The average Bonchev–Trinajstić information content (AvgIpc) is 2.95. The molecule has 148 valence electrons. The molecule has 1 N–H and O–H groups in total. The number of hydrogen-bond donors (Lipinski definition) is 1. The van der Waals surface area contributed by atoms with Gasteiger partial charge in [0, 0.05) is 13.1 Å². The van der Waals surface area contributed by atoms with Crippen molar-refractivity contribution in [3.63, 3.8) is 0 Å². The molecule has 1 aromatic rings. The minimum Gasteiger partial charge on any atom is -0.497 e. The number of aliphatic carboxylic acids is 1. The molecule has 2 fully saturated rings. The van der Waals surface area contributed by atoms with Crippen LogP contribution in [-0.2, 0) is 14.4 Å². The maximum atomic E-state index is 12.6. The topological polar surface area (TPSA) is 104 Å². The van der Waals surface area contributed by atoms with Gasteiger partial charge in [-0.25, -0.2) is 0 Å². The molecule has 0 unspecified atom stereocenters. The van der Waals surface area contributed by atoms with Gasteiger partial charge >= 0.3 is 5.97 Å². The number of nitrogens with zero attached hydrogens (tertiary/aromatic N) is 2. The fourth-order valence-electron chi connectivity index (χ4n) is 3.13. The van der Waals surface area contributed by atoms with Crippen molar-refractivity contribution in [1.29, 1.82) is 0 Å². The van der Waals surface area contributed by atoms with Crippen LogP contribution in [0.1, 0.15) is 18.4 Å². The van der Waals surface area contributed by atoms with E-state index in [-0.39, 0.29) is 17.4 Å². The van der Waals surface area contributed by atoms with Gasteiger partial charge in [0.1, 0.15) is 12.3 Å². The first-order chi connectivity index (χ1) is 13.4. The maximum absolute atomic E-state index is 12.6. The Bertz CT molecular complexity index is 845. The number of hydrogen-bond acceptors (Lipinski definition) is 6. The molecule has 0 spiro atoms. The van der Waals surface area contributed by atoms with E-state index < -0.39 is 23.0 Å². The summed E-state index contributed by atoms with van der Waals surface area (Å²) in [7, 11) is 1.54. The molecule has 28 heavy (non-hydrogen) atoms. The molecule has 3 rings (SSSR count). The Hall–Kier alpha value is -2.81. The maximum Gasteiger partial charge on any atom is 0.306 e. The van der Waals surface area contributed by atoms with Gasteiger partial charge in [-0.05, 0) is 48.4 Å². The molecule has 2 aliphatic heterocycles. The Morgan fingerprint density at radius 3 is 2.64 bits per heavy atom. The summed E-state index contributed by atoms with van der Waals surface area (Å²) < 4.78 is 5.15. The molecule has 0 aliphatic carbocycles. The number of benzene rings is 1. The molecule has 2 saturated heterocycles. The van der Waals surface area contributed by atoms with Crippen LogP contribution in [-0.4, -0.2) is 64.7 Å². The fraction of sp³-hybridized carbons (Fsp3) is 0.368. The highest BCUT2D eigenvalue weighted by atomic mass is 32.2. The van der Waals surface area contributed by atoms with Crippen LogP contribution in [0.25, 0.3) is 6.08 Å². The van der Waals surface area contributed by atoms with Gasteiger partial charge in [-0.1, -0.05) is 12.1 Å². The number of methoxy groups -OCH3 is 1. The lowest BCUT2D eigenvalue weighted by atomic mass is 9.97. The van der Waals surface area contributed by atoms with Gasteiger partial charge in [0.05, 0.1) is 17.9 Å². The molecule has 0 atom stereocenters. The van der Waals surface area contributed by atoms with E-state index in [9.17, 15) is 19.2 Å². The normalized spacial score (nSPS) is 19.4. The molecule has 8 nitrogen and oxygen atoms in total. The lowest BCUT2D eigenvalue weighted by molar-refractivity contribution is -0.146. The summed E-state index contributed by atoms with van der Waals surface area (Å²) >= 11 is 0.792. The molecule has 0 aromatic heterocycles. The standard InChI is InChI=1S/C19H20N2O6S/c1-27-14-4-2-3-12(9-14)10-15-17(23)21(19(26)28-15)11-16(22)20-7-5-13(6-8-20)18(24)25/h2-4,9-10,13H,5-8,11H2,1H3,(H,24,25). The van der Waals surface area contributed by atoms with Gasteiger partial charge in [-0.2, -0.15) is 0 Å². The van der Waals surface area contributed by atoms with E-state index in [4.69, 9.17) is 9.84 Å². The summed E-state index contributed by atoms with van der Waals surface area (Å²) in [5.41, 5.74) is 0.715. The largest absolute Gasteiger partial charge is 0.497 e. The number of carboxylic acids is 1. The average molecular weight is 404 g/mol.